The molecule has 0 aliphatic rings. The van der Waals surface area contributed by atoms with Crippen LogP contribution in [0.15, 0.2) is 12.3 Å². The lowest BCUT2D eigenvalue weighted by Gasteiger charge is -2.04. The van der Waals surface area contributed by atoms with Crippen molar-refractivity contribution < 1.29 is 9.90 Å². The van der Waals surface area contributed by atoms with Gasteiger partial charge in [0, 0.05) is 6.20 Å². The van der Waals surface area contributed by atoms with Crippen LogP contribution in [-0.2, 0) is 6.42 Å². The van der Waals surface area contributed by atoms with E-state index >= 15 is 0 Å². The van der Waals surface area contributed by atoms with E-state index in [0.29, 0.717) is 0 Å². The Labute approximate surface area is 87.7 Å². The number of unbranched alkanes of at least 4 members (excludes halogenated alkanes) is 1. The topological polar surface area (TPSA) is 50.2 Å². The molecule has 1 aromatic rings. The molecule has 0 aliphatic heterocycles. The van der Waals surface area contributed by atoms with Crippen molar-refractivity contribution in [3.8, 4) is 0 Å². The molecule has 4 heteroatoms. The van der Waals surface area contributed by atoms with Gasteiger partial charge >= 0.3 is 5.97 Å². The van der Waals surface area contributed by atoms with Gasteiger partial charge in [-0.1, -0.05) is 24.9 Å². The fourth-order valence-corrected chi connectivity index (χ4v) is 1.38. The number of rotatable bonds is 4. The van der Waals surface area contributed by atoms with Crippen molar-refractivity contribution in [2.75, 3.05) is 0 Å². The lowest BCUT2D eigenvalue weighted by molar-refractivity contribution is 0.0695. The van der Waals surface area contributed by atoms with E-state index in [1.54, 1.807) is 6.20 Å². The molecule has 0 unspecified atom stereocenters. The van der Waals surface area contributed by atoms with Crippen LogP contribution in [0.4, 0.5) is 0 Å². The molecule has 0 atom stereocenters. The van der Waals surface area contributed by atoms with Gasteiger partial charge in [0.2, 0.25) is 0 Å². The van der Waals surface area contributed by atoms with E-state index in [9.17, 15) is 4.79 Å². The van der Waals surface area contributed by atoms with Crippen molar-refractivity contribution in [2.45, 2.75) is 26.2 Å². The van der Waals surface area contributed by atoms with Crippen LogP contribution in [0.5, 0.6) is 0 Å². The molecular formula is C10H12ClNO2. The van der Waals surface area contributed by atoms with Gasteiger partial charge in [-0.05, 0) is 24.5 Å². The van der Waals surface area contributed by atoms with Crippen LogP contribution in [0.2, 0.25) is 5.15 Å². The molecule has 76 valence electrons. The third-order valence-electron chi connectivity index (χ3n) is 1.98. The van der Waals surface area contributed by atoms with Crippen LogP contribution in [0.25, 0.3) is 0 Å². The number of aryl methyl sites for hydroxylation is 1. The first-order chi connectivity index (χ1) is 6.65. The molecule has 0 saturated carbocycles. The quantitative estimate of drug-likeness (QED) is 0.783. The molecule has 0 bridgehead atoms. The third-order valence-corrected chi connectivity index (χ3v) is 2.19. The predicted octanol–water partition coefficient (Wildman–Crippen LogP) is 2.78. The SMILES string of the molecule is CCCCc1cnc(Cl)cc1C(=O)O. The normalized spacial score (nSPS) is 10.1. The summed E-state index contributed by atoms with van der Waals surface area (Å²) in [5.41, 5.74) is 1.02. The number of carboxylic acid groups (broad SMARTS) is 1. The number of aromatic carboxylic acids is 1. The standard InChI is InChI=1S/C10H12ClNO2/c1-2-3-4-7-6-12-9(11)5-8(7)10(13)14/h5-6H,2-4H2,1H3,(H,13,14). The molecule has 1 N–H and O–H groups in total. The fraction of sp³-hybridized carbons (Fsp3) is 0.400. The van der Waals surface area contributed by atoms with Crippen molar-refractivity contribution >= 4 is 17.6 Å². The number of nitrogens with zero attached hydrogens (tertiary/aromatic N) is 1. The molecule has 0 spiro atoms. The summed E-state index contributed by atoms with van der Waals surface area (Å²) in [5.74, 6) is -0.944. The first kappa shape index (κ1) is 11.0. The van der Waals surface area contributed by atoms with Crippen molar-refractivity contribution in [1.82, 2.24) is 4.98 Å². The number of hydrogen-bond acceptors (Lipinski definition) is 2. The zero-order chi connectivity index (χ0) is 10.6. The highest BCUT2D eigenvalue weighted by Gasteiger charge is 2.10. The second kappa shape index (κ2) is 4.96. The summed E-state index contributed by atoms with van der Waals surface area (Å²) in [4.78, 5) is 14.7. The highest BCUT2D eigenvalue weighted by Crippen LogP contribution is 2.15. The Morgan fingerprint density at radius 1 is 1.64 bits per heavy atom. The Bertz CT molecular complexity index is 339. The van der Waals surface area contributed by atoms with Crippen molar-refractivity contribution in [3.05, 3.63) is 28.5 Å². The van der Waals surface area contributed by atoms with Crippen molar-refractivity contribution in [3.63, 3.8) is 0 Å². The summed E-state index contributed by atoms with van der Waals surface area (Å²) in [6.07, 6.45) is 4.27. The minimum atomic E-state index is -0.944. The number of halogens is 1. The van der Waals surface area contributed by atoms with Crippen molar-refractivity contribution in [1.29, 1.82) is 0 Å². The van der Waals surface area contributed by atoms with E-state index < -0.39 is 5.97 Å². The Balaban J connectivity index is 2.96. The summed E-state index contributed by atoms with van der Waals surface area (Å²) in [5, 5.41) is 9.13. The highest BCUT2D eigenvalue weighted by atomic mass is 35.5. The Kier molecular flexibility index (Phi) is 3.89. The Morgan fingerprint density at radius 2 is 2.36 bits per heavy atom. The minimum absolute atomic E-state index is 0.225. The number of aromatic nitrogens is 1. The van der Waals surface area contributed by atoms with Gasteiger partial charge in [0.1, 0.15) is 5.15 Å². The summed E-state index contributed by atoms with van der Waals surface area (Å²) >= 11 is 5.62. The van der Waals surface area contributed by atoms with Gasteiger partial charge in [-0.25, -0.2) is 9.78 Å². The van der Waals surface area contributed by atoms with Crippen LogP contribution >= 0.6 is 11.6 Å². The average Bonchev–Trinajstić information content (AvgIpc) is 2.15. The van der Waals surface area contributed by atoms with Crippen LogP contribution in [0.3, 0.4) is 0 Å². The van der Waals surface area contributed by atoms with E-state index in [-0.39, 0.29) is 10.7 Å². The Morgan fingerprint density at radius 3 is 2.93 bits per heavy atom. The lowest BCUT2D eigenvalue weighted by Crippen LogP contribution is -2.03. The van der Waals surface area contributed by atoms with Gasteiger partial charge in [0.25, 0.3) is 0 Å². The van der Waals surface area contributed by atoms with Gasteiger partial charge in [-0.3, -0.25) is 0 Å². The third kappa shape index (κ3) is 2.70. The molecule has 0 amide bonds. The van der Waals surface area contributed by atoms with Gasteiger partial charge in [-0.15, -0.1) is 0 Å². The first-order valence-corrected chi connectivity index (χ1v) is 4.90. The van der Waals surface area contributed by atoms with Crippen molar-refractivity contribution in [2.24, 2.45) is 0 Å². The maximum atomic E-state index is 10.9. The first-order valence-electron chi connectivity index (χ1n) is 4.53. The molecule has 3 nitrogen and oxygen atoms in total. The van der Waals surface area contributed by atoms with Crippen LogP contribution < -0.4 is 0 Å². The largest absolute Gasteiger partial charge is 0.478 e. The van der Waals surface area contributed by atoms with Gasteiger partial charge < -0.3 is 5.11 Å². The smallest absolute Gasteiger partial charge is 0.336 e. The summed E-state index contributed by atoms with van der Waals surface area (Å²) in [6.45, 7) is 2.06. The number of carbonyl (C=O) groups is 1. The highest BCUT2D eigenvalue weighted by molar-refractivity contribution is 6.29. The van der Waals surface area contributed by atoms with E-state index in [1.807, 2.05) is 0 Å². The molecule has 1 aromatic heterocycles. The molecule has 1 heterocycles. The maximum absolute atomic E-state index is 10.9. The van der Waals surface area contributed by atoms with Crippen LogP contribution in [-0.4, -0.2) is 16.1 Å². The van der Waals surface area contributed by atoms with Crippen LogP contribution in [0.1, 0.15) is 35.7 Å². The maximum Gasteiger partial charge on any atom is 0.336 e. The Hall–Kier alpha value is -1.09. The molecule has 0 saturated heterocycles. The number of hydrogen-bond donors (Lipinski definition) is 1. The lowest BCUT2D eigenvalue weighted by atomic mass is 10.1. The number of carboxylic acids is 1. The molecule has 14 heavy (non-hydrogen) atoms. The van der Waals surface area contributed by atoms with Gasteiger partial charge in [0.15, 0.2) is 0 Å². The van der Waals surface area contributed by atoms with Gasteiger partial charge in [0.05, 0.1) is 5.56 Å². The summed E-state index contributed by atoms with van der Waals surface area (Å²) in [6, 6.07) is 1.40. The monoisotopic (exact) mass is 213 g/mol. The summed E-state index contributed by atoms with van der Waals surface area (Å²) in [7, 11) is 0. The van der Waals surface area contributed by atoms with Gasteiger partial charge in [-0.2, -0.15) is 0 Å². The molecule has 0 aliphatic carbocycles. The fourth-order valence-electron chi connectivity index (χ4n) is 1.22. The number of pyridine rings is 1. The minimum Gasteiger partial charge on any atom is -0.478 e. The van der Waals surface area contributed by atoms with E-state index in [0.717, 1.165) is 24.8 Å². The molecule has 0 fully saturated rings. The second-order valence-corrected chi connectivity index (χ2v) is 3.46. The van der Waals surface area contributed by atoms with E-state index in [2.05, 4.69) is 11.9 Å². The zero-order valence-electron chi connectivity index (χ0n) is 7.96. The van der Waals surface area contributed by atoms with E-state index in [4.69, 9.17) is 16.7 Å². The predicted molar refractivity (Wildman–Crippen MR) is 54.8 cm³/mol. The zero-order valence-corrected chi connectivity index (χ0v) is 8.71. The second-order valence-electron chi connectivity index (χ2n) is 3.07. The van der Waals surface area contributed by atoms with E-state index in [1.165, 1.54) is 6.07 Å². The average molecular weight is 214 g/mol. The molecular weight excluding hydrogens is 202 g/mol. The molecule has 0 radical (unpaired) electrons. The molecule has 0 aromatic carbocycles. The van der Waals surface area contributed by atoms with Crippen LogP contribution in [0, 0.1) is 0 Å². The summed E-state index contributed by atoms with van der Waals surface area (Å²) < 4.78 is 0. The molecule has 1 rings (SSSR count).